The van der Waals surface area contributed by atoms with Crippen LogP contribution in [-0.4, -0.2) is 11.0 Å². The molecule has 0 aliphatic rings. The third-order valence-corrected chi connectivity index (χ3v) is 3.11. The van der Waals surface area contributed by atoms with Gasteiger partial charge in [-0.2, -0.15) is 0 Å². The third-order valence-electron chi connectivity index (χ3n) is 3.11. The molecule has 5 heteroatoms. The molecule has 0 unspecified atom stereocenters. The highest BCUT2D eigenvalue weighted by Gasteiger charge is 2.15. The topological polar surface area (TPSA) is 67.8 Å². The fourth-order valence-corrected chi connectivity index (χ4v) is 1.84. The molecule has 0 radical (unpaired) electrons. The van der Waals surface area contributed by atoms with Crippen LogP contribution in [0.3, 0.4) is 0 Å². The lowest BCUT2D eigenvalue weighted by atomic mass is 10.1. The van der Waals surface area contributed by atoms with Crippen molar-refractivity contribution in [2.45, 2.75) is 13.8 Å². The van der Waals surface area contributed by atoms with Gasteiger partial charge in [0.2, 0.25) is 0 Å². The van der Waals surface area contributed by atoms with Gasteiger partial charge in [-0.3, -0.25) is 0 Å². The van der Waals surface area contributed by atoms with Gasteiger partial charge < -0.3 is 15.7 Å². The van der Waals surface area contributed by atoms with Crippen LogP contribution in [0.4, 0.5) is 4.39 Å². The van der Waals surface area contributed by atoms with Crippen LogP contribution in [-0.2, 0) is 0 Å². The van der Waals surface area contributed by atoms with Gasteiger partial charge in [0.05, 0.1) is 5.56 Å². The SMILES string of the molecule is Cc1cccc(Oc2cccc(F)c2C(N)=NO)c1C. The predicted octanol–water partition coefficient (Wildman–Crippen LogP) is 3.33. The van der Waals surface area contributed by atoms with Gasteiger partial charge in [-0.05, 0) is 43.2 Å². The van der Waals surface area contributed by atoms with Crippen molar-refractivity contribution in [1.29, 1.82) is 0 Å². The quantitative estimate of drug-likeness (QED) is 0.390. The van der Waals surface area contributed by atoms with Crippen LogP contribution in [0.1, 0.15) is 16.7 Å². The minimum atomic E-state index is -0.608. The Hall–Kier alpha value is -2.56. The summed E-state index contributed by atoms with van der Waals surface area (Å²) >= 11 is 0. The van der Waals surface area contributed by atoms with E-state index in [1.165, 1.54) is 12.1 Å². The number of rotatable bonds is 3. The van der Waals surface area contributed by atoms with Gasteiger partial charge in [-0.1, -0.05) is 23.4 Å². The van der Waals surface area contributed by atoms with Crippen molar-refractivity contribution in [2.75, 3.05) is 0 Å². The summed E-state index contributed by atoms with van der Waals surface area (Å²) in [6.07, 6.45) is 0. The lowest BCUT2D eigenvalue weighted by Crippen LogP contribution is -2.16. The van der Waals surface area contributed by atoms with Crippen molar-refractivity contribution >= 4 is 5.84 Å². The second kappa shape index (κ2) is 5.61. The number of hydrogen-bond donors (Lipinski definition) is 2. The molecule has 0 atom stereocenters. The maximum Gasteiger partial charge on any atom is 0.176 e. The Morgan fingerprint density at radius 3 is 2.50 bits per heavy atom. The summed E-state index contributed by atoms with van der Waals surface area (Å²) in [5.41, 5.74) is 7.44. The molecule has 3 N–H and O–H groups in total. The van der Waals surface area contributed by atoms with E-state index in [1.54, 1.807) is 12.1 Å². The minimum Gasteiger partial charge on any atom is -0.456 e. The molecule has 0 saturated carbocycles. The van der Waals surface area contributed by atoms with Gasteiger partial charge in [0, 0.05) is 0 Å². The zero-order chi connectivity index (χ0) is 14.7. The number of halogens is 1. The van der Waals surface area contributed by atoms with E-state index in [0.29, 0.717) is 5.75 Å². The number of benzene rings is 2. The summed E-state index contributed by atoms with van der Waals surface area (Å²) in [4.78, 5) is 0. The number of nitrogens with zero attached hydrogens (tertiary/aromatic N) is 1. The molecule has 2 rings (SSSR count). The van der Waals surface area contributed by atoms with E-state index in [2.05, 4.69) is 5.16 Å². The summed E-state index contributed by atoms with van der Waals surface area (Å²) in [5, 5.41) is 11.6. The van der Waals surface area contributed by atoms with E-state index in [0.717, 1.165) is 11.1 Å². The highest BCUT2D eigenvalue weighted by Crippen LogP contribution is 2.30. The van der Waals surface area contributed by atoms with Gasteiger partial charge in [-0.15, -0.1) is 0 Å². The van der Waals surface area contributed by atoms with E-state index in [-0.39, 0.29) is 17.1 Å². The second-order valence-electron chi connectivity index (χ2n) is 4.40. The van der Waals surface area contributed by atoms with Crippen molar-refractivity contribution in [3.05, 3.63) is 58.9 Å². The van der Waals surface area contributed by atoms with Gasteiger partial charge in [-0.25, -0.2) is 4.39 Å². The fraction of sp³-hybridized carbons (Fsp3) is 0.133. The lowest BCUT2D eigenvalue weighted by Gasteiger charge is -2.13. The fourth-order valence-electron chi connectivity index (χ4n) is 1.84. The van der Waals surface area contributed by atoms with Crippen molar-refractivity contribution in [1.82, 2.24) is 0 Å². The summed E-state index contributed by atoms with van der Waals surface area (Å²) < 4.78 is 19.5. The highest BCUT2D eigenvalue weighted by molar-refractivity contribution is 5.99. The first kappa shape index (κ1) is 13.9. The average Bonchev–Trinajstić information content (AvgIpc) is 2.43. The number of oxime groups is 1. The Morgan fingerprint density at radius 1 is 1.15 bits per heavy atom. The third kappa shape index (κ3) is 2.56. The number of amidine groups is 1. The average molecular weight is 274 g/mol. The molecule has 0 aromatic heterocycles. The van der Waals surface area contributed by atoms with Gasteiger partial charge in [0.1, 0.15) is 17.3 Å². The summed E-state index contributed by atoms with van der Waals surface area (Å²) in [6.45, 7) is 3.87. The van der Waals surface area contributed by atoms with Crippen molar-refractivity contribution < 1.29 is 14.3 Å². The molecule has 20 heavy (non-hydrogen) atoms. The molecule has 0 bridgehead atoms. The van der Waals surface area contributed by atoms with E-state index >= 15 is 0 Å². The Kier molecular flexibility index (Phi) is 3.89. The molecule has 0 heterocycles. The first-order chi connectivity index (χ1) is 9.54. The van der Waals surface area contributed by atoms with Crippen molar-refractivity contribution in [2.24, 2.45) is 10.9 Å². The maximum atomic E-state index is 13.8. The standard InChI is InChI=1S/C15H15FN2O2/c1-9-5-3-7-12(10(9)2)20-13-8-4-6-11(16)14(13)15(17)18-19/h3-8,19H,1-2H3,(H2,17,18). The van der Waals surface area contributed by atoms with E-state index < -0.39 is 5.82 Å². The molecule has 4 nitrogen and oxygen atoms in total. The summed E-state index contributed by atoms with van der Waals surface area (Å²) in [6, 6.07) is 9.88. The molecule has 0 aliphatic heterocycles. The Bertz CT molecular complexity index is 669. The molecule has 0 saturated heterocycles. The first-order valence-electron chi connectivity index (χ1n) is 6.05. The lowest BCUT2D eigenvalue weighted by molar-refractivity contribution is 0.318. The van der Waals surface area contributed by atoms with E-state index in [9.17, 15) is 4.39 Å². The number of hydrogen-bond acceptors (Lipinski definition) is 3. The van der Waals surface area contributed by atoms with Gasteiger partial charge in [0.25, 0.3) is 0 Å². The summed E-state index contributed by atoms with van der Waals surface area (Å²) in [5.74, 6) is -0.136. The van der Waals surface area contributed by atoms with Crippen molar-refractivity contribution in [3.63, 3.8) is 0 Å². The van der Waals surface area contributed by atoms with E-state index in [4.69, 9.17) is 15.7 Å². The Morgan fingerprint density at radius 2 is 1.80 bits per heavy atom. The smallest absolute Gasteiger partial charge is 0.176 e. The molecule has 0 amide bonds. The molecule has 0 fully saturated rings. The Labute approximate surface area is 116 Å². The van der Waals surface area contributed by atoms with Crippen LogP contribution < -0.4 is 10.5 Å². The monoisotopic (exact) mass is 274 g/mol. The zero-order valence-corrected chi connectivity index (χ0v) is 11.2. The van der Waals surface area contributed by atoms with Crippen molar-refractivity contribution in [3.8, 4) is 11.5 Å². The molecule has 2 aromatic carbocycles. The zero-order valence-electron chi connectivity index (χ0n) is 11.2. The van der Waals surface area contributed by atoms with Gasteiger partial charge in [0.15, 0.2) is 5.84 Å². The van der Waals surface area contributed by atoms with E-state index in [1.807, 2.05) is 26.0 Å². The van der Waals surface area contributed by atoms with Crippen LogP contribution >= 0.6 is 0 Å². The predicted molar refractivity (Wildman–Crippen MR) is 74.9 cm³/mol. The van der Waals surface area contributed by atoms with Crippen LogP contribution in [0, 0.1) is 19.7 Å². The second-order valence-corrected chi connectivity index (χ2v) is 4.40. The number of nitrogens with two attached hydrogens (primary N) is 1. The number of aryl methyl sites for hydroxylation is 1. The number of ether oxygens (including phenoxy) is 1. The largest absolute Gasteiger partial charge is 0.456 e. The van der Waals surface area contributed by atoms with Gasteiger partial charge >= 0.3 is 0 Å². The maximum absolute atomic E-state index is 13.8. The molecule has 0 aliphatic carbocycles. The summed E-state index contributed by atoms with van der Waals surface area (Å²) in [7, 11) is 0. The highest BCUT2D eigenvalue weighted by atomic mass is 19.1. The molecule has 104 valence electrons. The van der Waals surface area contributed by atoms with Crippen LogP contribution in [0.5, 0.6) is 11.5 Å². The molecule has 0 spiro atoms. The minimum absolute atomic E-state index is 0.0593. The van der Waals surface area contributed by atoms with Crippen LogP contribution in [0.2, 0.25) is 0 Å². The molecular weight excluding hydrogens is 259 g/mol. The van der Waals surface area contributed by atoms with Crippen LogP contribution in [0.15, 0.2) is 41.6 Å². The Balaban J connectivity index is 2.49. The molecule has 2 aromatic rings. The van der Waals surface area contributed by atoms with Crippen LogP contribution in [0.25, 0.3) is 0 Å². The molecular formula is C15H15FN2O2. The normalized spacial score (nSPS) is 11.4. The first-order valence-corrected chi connectivity index (χ1v) is 6.05.